The Balaban J connectivity index is 3.18. The largest absolute Gasteiger partial charge is 0.463 e. The van der Waals surface area contributed by atoms with E-state index in [9.17, 15) is 4.79 Å². The molecule has 250 valence electrons. The molecular weight excluding hydrogens is 512 g/mol. The highest BCUT2D eigenvalue weighted by atomic mass is 16.5. The van der Waals surface area contributed by atoms with E-state index in [1.807, 2.05) is 6.08 Å². The Morgan fingerprint density at radius 2 is 0.643 bits per heavy atom. The van der Waals surface area contributed by atoms with Crippen LogP contribution in [-0.4, -0.2) is 12.6 Å². The van der Waals surface area contributed by atoms with E-state index in [-0.39, 0.29) is 5.97 Å². The lowest BCUT2D eigenvalue weighted by atomic mass is 10.0. The van der Waals surface area contributed by atoms with Crippen molar-refractivity contribution in [3.8, 4) is 0 Å². The molecule has 2 heteroatoms. The molecule has 0 fully saturated rings. The number of allylic oxidation sites excluding steroid dienone is 1. The van der Waals surface area contributed by atoms with E-state index in [0.29, 0.717) is 6.61 Å². The number of hydrogen-bond acceptors (Lipinski definition) is 2. The maximum atomic E-state index is 11.9. The Bertz CT molecular complexity index is 526. The molecule has 42 heavy (non-hydrogen) atoms. The zero-order chi connectivity index (χ0) is 30.4. The Hall–Kier alpha value is -0.790. The molecule has 0 aliphatic rings. The van der Waals surface area contributed by atoms with Gasteiger partial charge in [0.1, 0.15) is 0 Å². The number of hydrogen-bond donors (Lipinski definition) is 0. The van der Waals surface area contributed by atoms with Gasteiger partial charge in [0, 0.05) is 6.08 Å². The van der Waals surface area contributed by atoms with Gasteiger partial charge in [-0.05, 0) is 19.3 Å². The second kappa shape index (κ2) is 38.2. The molecule has 0 unspecified atom stereocenters. The molecule has 0 aromatic carbocycles. The van der Waals surface area contributed by atoms with Crippen molar-refractivity contribution in [2.75, 3.05) is 6.61 Å². The minimum atomic E-state index is -0.151. The summed E-state index contributed by atoms with van der Waals surface area (Å²) in [5.41, 5.74) is 0. The highest BCUT2D eigenvalue weighted by molar-refractivity contribution is 5.81. The summed E-state index contributed by atoms with van der Waals surface area (Å²) < 4.78 is 5.37. The van der Waals surface area contributed by atoms with E-state index in [2.05, 4.69) is 13.8 Å². The van der Waals surface area contributed by atoms with Crippen molar-refractivity contribution >= 4 is 5.97 Å². The van der Waals surface area contributed by atoms with Crippen molar-refractivity contribution in [1.29, 1.82) is 0 Å². The first-order valence-corrected chi connectivity index (χ1v) is 19.6. The number of rotatable bonds is 36. The fourth-order valence-corrected chi connectivity index (χ4v) is 6.04. The highest BCUT2D eigenvalue weighted by Gasteiger charge is 1.99. The summed E-state index contributed by atoms with van der Waals surface area (Å²) in [6, 6.07) is 0. The number of ether oxygens (including phenoxy) is 1. The van der Waals surface area contributed by atoms with Crippen molar-refractivity contribution < 1.29 is 9.53 Å². The first-order chi connectivity index (χ1) is 20.8. The van der Waals surface area contributed by atoms with Crippen LogP contribution < -0.4 is 0 Å². The minimum absolute atomic E-state index is 0.151. The molecule has 0 rings (SSSR count). The maximum absolute atomic E-state index is 11.9. The summed E-state index contributed by atoms with van der Waals surface area (Å²) >= 11 is 0. The summed E-state index contributed by atoms with van der Waals surface area (Å²) in [6.45, 7) is 5.16. The molecular formula is C40H78O2. The quantitative estimate of drug-likeness (QED) is 0.0412. The van der Waals surface area contributed by atoms with E-state index in [1.54, 1.807) is 6.08 Å². The molecule has 0 amide bonds. The lowest BCUT2D eigenvalue weighted by molar-refractivity contribution is -0.137. The average molecular weight is 591 g/mol. The lowest BCUT2D eigenvalue weighted by Gasteiger charge is -2.04. The molecule has 0 radical (unpaired) electrons. The smallest absolute Gasteiger partial charge is 0.330 e. The molecule has 0 saturated heterocycles. The van der Waals surface area contributed by atoms with E-state index in [1.165, 1.54) is 205 Å². The van der Waals surface area contributed by atoms with Gasteiger partial charge < -0.3 is 4.74 Å². The number of unbranched alkanes of at least 4 members (excludes halogenated alkanes) is 32. The van der Waals surface area contributed by atoms with Gasteiger partial charge in [0.2, 0.25) is 0 Å². The van der Waals surface area contributed by atoms with Gasteiger partial charge in [-0.25, -0.2) is 4.79 Å². The first-order valence-electron chi connectivity index (χ1n) is 19.6. The molecule has 0 heterocycles. The third-order valence-electron chi connectivity index (χ3n) is 8.97. The fraction of sp³-hybridized carbons (Fsp3) is 0.925. The lowest BCUT2D eigenvalue weighted by Crippen LogP contribution is -2.02. The summed E-state index contributed by atoms with van der Waals surface area (Å²) in [5.74, 6) is -0.151. The zero-order valence-electron chi connectivity index (χ0n) is 29.2. The Morgan fingerprint density at radius 1 is 0.381 bits per heavy atom. The molecule has 0 aliphatic heterocycles. The first kappa shape index (κ1) is 41.2. The second-order valence-corrected chi connectivity index (χ2v) is 13.3. The van der Waals surface area contributed by atoms with E-state index in [4.69, 9.17) is 4.74 Å². The molecule has 0 spiro atoms. The van der Waals surface area contributed by atoms with Crippen LogP contribution in [0.2, 0.25) is 0 Å². The number of carbonyl (C=O) groups excluding carboxylic acids is 1. The summed E-state index contributed by atoms with van der Waals surface area (Å²) in [6.07, 6.45) is 50.4. The summed E-state index contributed by atoms with van der Waals surface area (Å²) in [5, 5.41) is 0. The predicted octanol–water partition coefficient (Wildman–Crippen LogP) is 14.4. The van der Waals surface area contributed by atoms with Crippen molar-refractivity contribution in [2.45, 2.75) is 232 Å². The van der Waals surface area contributed by atoms with Crippen LogP contribution in [0.25, 0.3) is 0 Å². The van der Waals surface area contributed by atoms with Crippen LogP contribution in [0.3, 0.4) is 0 Å². The molecule has 2 nitrogen and oxygen atoms in total. The molecule has 0 saturated carbocycles. The maximum Gasteiger partial charge on any atom is 0.330 e. The molecule has 0 N–H and O–H groups in total. The standard InChI is InChI=1S/C40H78O2/c1-3-5-7-9-11-13-15-17-18-19-20-21-22-23-24-25-27-29-31-33-35-37-39-42-40(41)38-36-34-32-30-28-26-16-14-12-10-8-6-4-2/h36,38H,3-35,37,39H2,1-2H3/b38-36-. The van der Waals surface area contributed by atoms with Gasteiger partial charge in [-0.3, -0.25) is 0 Å². The molecule has 0 bridgehead atoms. The SMILES string of the molecule is CCCCCCCCCCCCC/C=C\C(=O)OCCCCCCCCCCCCCCCCCCCCCCCC. The van der Waals surface area contributed by atoms with Gasteiger partial charge in [-0.15, -0.1) is 0 Å². The van der Waals surface area contributed by atoms with Gasteiger partial charge in [0.25, 0.3) is 0 Å². The summed E-state index contributed by atoms with van der Waals surface area (Å²) in [7, 11) is 0. The van der Waals surface area contributed by atoms with Crippen LogP contribution in [0.4, 0.5) is 0 Å². The van der Waals surface area contributed by atoms with Crippen LogP contribution in [0.5, 0.6) is 0 Å². The van der Waals surface area contributed by atoms with Crippen LogP contribution in [0, 0.1) is 0 Å². The van der Waals surface area contributed by atoms with Crippen LogP contribution in [-0.2, 0) is 9.53 Å². The monoisotopic (exact) mass is 591 g/mol. The fourth-order valence-electron chi connectivity index (χ4n) is 6.04. The van der Waals surface area contributed by atoms with Crippen molar-refractivity contribution in [3.63, 3.8) is 0 Å². The summed E-state index contributed by atoms with van der Waals surface area (Å²) in [4.78, 5) is 11.9. The molecule has 0 aromatic heterocycles. The van der Waals surface area contributed by atoms with Gasteiger partial charge in [-0.2, -0.15) is 0 Å². The predicted molar refractivity (Wildman–Crippen MR) is 188 cm³/mol. The highest BCUT2D eigenvalue weighted by Crippen LogP contribution is 2.16. The molecule has 0 atom stereocenters. The number of carbonyl (C=O) groups is 1. The topological polar surface area (TPSA) is 26.3 Å². The van der Waals surface area contributed by atoms with E-state index >= 15 is 0 Å². The van der Waals surface area contributed by atoms with Crippen molar-refractivity contribution in [2.24, 2.45) is 0 Å². The Kier molecular flexibility index (Phi) is 37.5. The van der Waals surface area contributed by atoms with Gasteiger partial charge in [0.05, 0.1) is 6.61 Å². The van der Waals surface area contributed by atoms with Crippen LogP contribution >= 0.6 is 0 Å². The minimum Gasteiger partial charge on any atom is -0.463 e. The second-order valence-electron chi connectivity index (χ2n) is 13.3. The van der Waals surface area contributed by atoms with E-state index in [0.717, 1.165) is 12.8 Å². The van der Waals surface area contributed by atoms with Gasteiger partial charge >= 0.3 is 5.97 Å². The third kappa shape index (κ3) is 37.2. The van der Waals surface area contributed by atoms with Gasteiger partial charge in [0.15, 0.2) is 0 Å². The van der Waals surface area contributed by atoms with Crippen molar-refractivity contribution in [3.05, 3.63) is 12.2 Å². The normalized spacial score (nSPS) is 11.6. The number of esters is 1. The Morgan fingerprint density at radius 3 is 0.952 bits per heavy atom. The van der Waals surface area contributed by atoms with Crippen molar-refractivity contribution in [1.82, 2.24) is 0 Å². The third-order valence-corrected chi connectivity index (χ3v) is 8.97. The molecule has 0 aromatic rings. The average Bonchev–Trinajstić information content (AvgIpc) is 3.00. The van der Waals surface area contributed by atoms with E-state index < -0.39 is 0 Å². The molecule has 0 aliphatic carbocycles. The van der Waals surface area contributed by atoms with Gasteiger partial charge in [-0.1, -0.05) is 219 Å². The van der Waals surface area contributed by atoms with Crippen LogP contribution in [0.15, 0.2) is 12.2 Å². The van der Waals surface area contributed by atoms with Crippen LogP contribution in [0.1, 0.15) is 232 Å². The Labute approximate surface area is 266 Å². The zero-order valence-corrected chi connectivity index (χ0v) is 29.2.